The number of aromatic nitrogens is 3. The van der Waals surface area contributed by atoms with E-state index in [1.807, 2.05) is 0 Å². The van der Waals surface area contributed by atoms with Crippen LogP contribution < -0.4 is 5.73 Å². The van der Waals surface area contributed by atoms with Gasteiger partial charge in [-0.25, -0.2) is 0 Å². The lowest BCUT2D eigenvalue weighted by Gasteiger charge is -2.00. The second-order valence-electron chi connectivity index (χ2n) is 2.50. The topological polar surface area (TPSA) is 56.7 Å². The zero-order chi connectivity index (χ0) is 8.97. The number of aryl methyl sites for hydroxylation is 1. The van der Waals surface area contributed by atoms with E-state index in [9.17, 15) is 0 Å². The van der Waals surface area contributed by atoms with Gasteiger partial charge in [-0.1, -0.05) is 0 Å². The van der Waals surface area contributed by atoms with Gasteiger partial charge in [0.15, 0.2) is 0 Å². The maximum atomic E-state index is 5.78. The van der Waals surface area contributed by atoms with Gasteiger partial charge >= 0.3 is 0 Å². The van der Waals surface area contributed by atoms with Crippen molar-refractivity contribution < 1.29 is 0 Å². The Balaban J connectivity index is 2.62. The van der Waals surface area contributed by atoms with Crippen LogP contribution in [-0.2, 0) is 7.05 Å². The first-order chi connectivity index (χ1) is 5.74. The fourth-order valence-electron chi connectivity index (χ4n) is 0.848. The molecular formula is C8H12N4. The molecule has 0 radical (unpaired) electrons. The minimum Gasteiger partial charge on any atom is -0.322 e. The van der Waals surface area contributed by atoms with Crippen molar-refractivity contribution in [2.45, 2.75) is 19.4 Å². The molecule has 0 aromatic carbocycles. The summed E-state index contributed by atoms with van der Waals surface area (Å²) >= 11 is 0. The molecule has 1 heterocycles. The Labute approximate surface area is 71.8 Å². The van der Waals surface area contributed by atoms with E-state index in [1.165, 1.54) is 4.80 Å². The molecule has 1 aromatic rings. The SMILES string of the molecule is CC#CCC(N)c1cnn(C)n1. The highest BCUT2D eigenvalue weighted by atomic mass is 15.4. The van der Waals surface area contributed by atoms with Gasteiger partial charge in [0.25, 0.3) is 0 Å². The largest absolute Gasteiger partial charge is 0.322 e. The maximum Gasteiger partial charge on any atom is 0.100 e. The van der Waals surface area contributed by atoms with Gasteiger partial charge in [-0.2, -0.15) is 15.0 Å². The van der Waals surface area contributed by atoms with E-state index in [4.69, 9.17) is 5.73 Å². The smallest absolute Gasteiger partial charge is 0.100 e. The summed E-state index contributed by atoms with van der Waals surface area (Å²) in [6, 6.07) is -0.119. The van der Waals surface area contributed by atoms with Gasteiger partial charge in [0, 0.05) is 13.5 Å². The minimum absolute atomic E-state index is 0.119. The molecule has 4 nitrogen and oxygen atoms in total. The van der Waals surface area contributed by atoms with Crippen LogP contribution >= 0.6 is 0 Å². The average molecular weight is 164 g/mol. The summed E-state index contributed by atoms with van der Waals surface area (Å²) in [4.78, 5) is 1.49. The standard InChI is InChI=1S/C8H12N4/c1-3-4-5-7(9)8-6-10-12(2)11-8/h6-7H,5,9H2,1-2H3. The Morgan fingerprint density at radius 1 is 1.75 bits per heavy atom. The molecule has 2 N–H and O–H groups in total. The highest BCUT2D eigenvalue weighted by Crippen LogP contribution is 2.07. The van der Waals surface area contributed by atoms with Crippen LogP contribution in [0.15, 0.2) is 6.20 Å². The second-order valence-corrected chi connectivity index (χ2v) is 2.50. The van der Waals surface area contributed by atoms with Gasteiger partial charge in [-0.05, 0) is 6.92 Å². The highest BCUT2D eigenvalue weighted by Gasteiger charge is 2.07. The molecule has 1 aromatic heterocycles. The molecule has 0 spiro atoms. The third-order valence-corrected chi connectivity index (χ3v) is 1.50. The van der Waals surface area contributed by atoms with Crippen molar-refractivity contribution in [1.29, 1.82) is 0 Å². The zero-order valence-electron chi connectivity index (χ0n) is 7.28. The number of rotatable bonds is 2. The molecule has 1 atom stereocenters. The van der Waals surface area contributed by atoms with Gasteiger partial charge in [-0.3, -0.25) is 0 Å². The van der Waals surface area contributed by atoms with Gasteiger partial charge < -0.3 is 5.73 Å². The third-order valence-electron chi connectivity index (χ3n) is 1.50. The fraction of sp³-hybridized carbons (Fsp3) is 0.500. The lowest BCUT2D eigenvalue weighted by atomic mass is 10.2. The molecule has 64 valence electrons. The molecular weight excluding hydrogens is 152 g/mol. The third kappa shape index (κ3) is 2.07. The van der Waals surface area contributed by atoms with Crippen LogP contribution in [0.2, 0.25) is 0 Å². The number of hydrogen-bond donors (Lipinski definition) is 1. The molecule has 0 aliphatic heterocycles. The molecule has 0 aliphatic rings. The Morgan fingerprint density at radius 2 is 2.50 bits per heavy atom. The predicted molar refractivity (Wildman–Crippen MR) is 46.0 cm³/mol. The van der Waals surface area contributed by atoms with Crippen molar-refractivity contribution in [3.05, 3.63) is 11.9 Å². The van der Waals surface area contributed by atoms with E-state index >= 15 is 0 Å². The van der Waals surface area contributed by atoms with Crippen molar-refractivity contribution in [3.63, 3.8) is 0 Å². The van der Waals surface area contributed by atoms with Crippen LogP contribution in [-0.4, -0.2) is 15.0 Å². The van der Waals surface area contributed by atoms with Crippen LogP contribution in [0.5, 0.6) is 0 Å². The van der Waals surface area contributed by atoms with Crippen molar-refractivity contribution in [1.82, 2.24) is 15.0 Å². The monoisotopic (exact) mass is 164 g/mol. The number of nitrogens with zero attached hydrogens (tertiary/aromatic N) is 3. The van der Waals surface area contributed by atoms with Crippen LogP contribution in [0.25, 0.3) is 0 Å². The van der Waals surface area contributed by atoms with Crippen molar-refractivity contribution >= 4 is 0 Å². The normalized spacial score (nSPS) is 11.9. The van der Waals surface area contributed by atoms with Crippen LogP contribution in [0.1, 0.15) is 25.1 Å². The predicted octanol–water partition coefficient (Wildman–Crippen LogP) is 0.228. The first-order valence-corrected chi connectivity index (χ1v) is 3.75. The van der Waals surface area contributed by atoms with Crippen molar-refractivity contribution in [3.8, 4) is 11.8 Å². The van der Waals surface area contributed by atoms with E-state index in [0.717, 1.165) is 5.69 Å². The summed E-state index contributed by atoms with van der Waals surface area (Å²) in [5, 5.41) is 8.00. The maximum absolute atomic E-state index is 5.78. The molecule has 12 heavy (non-hydrogen) atoms. The van der Waals surface area contributed by atoms with E-state index in [1.54, 1.807) is 20.2 Å². The van der Waals surface area contributed by atoms with E-state index in [2.05, 4.69) is 22.0 Å². The van der Waals surface area contributed by atoms with E-state index in [-0.39, 0.29) is 6.04 Å². The molecule has 0 fully saturated rings. The summed E-state index contributed by atoms with van der Waals surface area (Å²) in [5.74, 6) is 5.69. The molecule has 1 rings (SSSR count). The molecule has 1 unspecified atom stereocenters. The summed E-state index contributed by atoms with van der Waals surface area (Å²) < 4.78 is 0. The Bertz CT molecular complexity index is 304. The summed E-state index contributed by atoms with van der Waals surface area (Å²) in [7, 11) is 1.77. The quantitative estimate of drug-likeness (QED) is 0.636. The second kappa shape index (κ2) is 3.88. The zero-order valence-corrected chi connectivity index (χ0v) is 7.28. The number of nitrogens with two attached hydrogens (primary N) is 1. The molecule has 0 saturated carbocycles. The summed E-state index contributed by atoms with van der Waals surface area (Å²) in [6.45, 7) is 1.80. The van der Waals surface area contributed by atoms with Gasteiger partial charge in [0.2, 0.25) is 0 Å². The molecule has 0 bridgehead atoms. The van der Waals surface area contributed by atoms with Gasteiger partial charge in [-0.15, -0.1) is 11.8 Å². The minimum atomic E-state index is -0.119. The first-order valence-electron chi connectivity index (χ1n) is 3.75. The van der Waals surface area contributed by atoms with Crippen LogP contribution in [0.4, 0.5) is 0 Å². The average Bonchev–Trinajstić information content (AvgIpc) is 2.47. The van der Waals surface area contributed by atoms with E-state index < -0.39 is 0 Å². The van der Waals surface area contributed by atoms with Crippen LogP contribution in [0, 0.1) is 11.8 Å². The van der Waals surface area contributed by atoms with Crippen molar-refractivity contribution in [2.75, 3.05) is 0 Å². The first kappa shape index (κ1) is 8.75. The number of hydrogen-bond acceptors (Lipinski definition) is 3. The molecule has 0 saturated heterocycles. The van der Waals surface area contributed by atoms with Crippen LogP contribution in [0.3, 0.4) is 0 Å². The lowest BCUT2D eigenvalue weighted by molar-refractivity contribution is 0.624. The fourth-order valence-corrected chi connectivity index (χ4v) is 0.848. The molecule has 0 amide bonds. The van der Waals surface area contributed by atoms with Gasteiger partial charge in [0.1, 0.15) is 5.69 Å². The molecule has 4 heteroatoms. The lowest BCUT2D eigenvalue weighted by Crippen LogP contribution is -2.10. The Hall–Kier alpha value is -1.34. The Kier molecular flexibility index (Phi) is 2.83. The van der Waals surface area contributed by atoms with Crippen molar-refractivity contribution in [2.24, 2.45) is 12.8 Å². The van der Waals surface area contributed by atoms with Gasteiger partial charge in [0.05, 0.1) is 12.2 Å². The highest BCUT2D eigenvalue weighted by molar-refractivity contribution is 5.06. The molecule has 0 aliphatic carbocycles. The summed E-state index contributed by atoms with van der Waals surface area (Å²) in [5.41, 5.74) is 6.57. The summed E-state index contributed by atoms with van der Waals surface area (Å²) in [6.07, 6.45) is 2.30. The Morgan fingerprint density at radius 3 is 3.00 bits per heavy atom. The van der Waals surface area contributed by atoms with E-state index in [0.29, 0.717) is 6.42 Å².